The predicted octanol–water partition coefficient (Wildman–Crippen LogP) is 0.0212. The molecule has 1 saturated heterocycles. The maximum atomic E-state index is 13.8. The number of aromatic nitrogens is 3. The lowest BCUT2D eigenvalue weighted by Gasteiger charge is -2.27. The van der Waals surface area contributed by atoms with Crippen molar-refractivity contribution in [1.29, 1.82) is 0 Å². The number of nitrogens with one attached hydrogen (secondary N) is 1. The Balaban J connectivity index is 2.04. The summed E-state index contributed by atoms with van der Waals surface area (Å²) in [4.78, 5) is 3.89. The zero-order valence-electron chi connectivity index (χ0n) is 12.6. The van der Waals surface area contributed by atoms with Crippen molar-refractivity contribution < 1.29 is 17.5 Å². The number of nitrogens with two attached hydrogens (primary N) is 1. The second-order valence-electron chi connectivity index (χ2n) is 5.33. The molecule has 2 aromatic heterocycles. The summed E-state index contributed by atoms with van der Waals surface area (Å²) in [6.07, 6.45) is 0.921. The van der Waals surface area contributed by atoms with Gasteiger partial charge in [-0.25, -0.2) is 27.6 Å². The largest absolute Gasteiger partial charge is 0.484 e. The Hall–Kier alpha value is -2.04. The van der Waals surface area contributed by atoms with Crippen LogP contribution in [0.25, 0.3) is 5.82 Å². The van der Waals surface area contributed by atoms with Crippen LogP contribution in [-0.4, -0.2) is 42.4 Å². The number of halogens is 1. The SMILES string of the molecule is Cc1nn(-c2cc(OC3CNC3)c(F)cn2)c(C)c1S(N)(=O)=O. The molecular formula is C13H16FN5O3S. The van der Waals surface area contributed by atoms with Gasteiger partial charge < -0.3 is 10.1 Å². The van der Waals surface area contributed by atoms with Crippen LogP contribution < -0.4 is 15.2 Å². The normalized spacial score (nSPS) is 15.5. The van der Waals surface area contributed by atoms with E-state index in [1.807, 2.05) is 0 Å². The highest BCUT2D eigenvalue weighted by Crippen LogP contribution is 2.25. The molecule has 0 unspecified atom stereocenters. The number of pyridine rings is 1. The van der Waals surface area contributed by atoms with Crippen molar-refractivity contribution in [2.24, 2.45) is 5.14 Å². The van der Waals surface area contributed by atoms with Crippen molar-refractivity contribution >= 4 is 10.0 Å². The van der Waals surface area contributed by atoms with E-state index in [1.165, 1.54) is 17.7 Å². The fourth-order valence-corrected chi connectivity index (χ4v) is 3.36. The van der Waals surface area contributed by atoms with Gasteiger partial charge in [0.1, 0.15) is 11.0 Å². The highest BCUT2D eigenvalue weighted by Gasteiger charge is 2.24. The predicted molar refractivity (Wildman–Crippen MR) is 79.4 cm³/mol. The van der Waals surface area contributed by atoms with Crippen molar-refractivity contribution in [3.63, 3.8) is 0 Å². The van der Waals surface area contributed by atoms with Gasteiger partial charge >= 0.3 is 0 Å². The number of ether oxygens (including phenoxy) is 1. The Morgan fingerprint density at radius 1 is 1.43 bits per heavy atom. The van der Waals surface area contributed by atoms with Crippen LogP contribution in [-0.2, 0) is 10.0 Å². The van der Waals surface area contributed by atoms with Gasteiger partial charge in [-0.3, -0.25) is 0 Å². The molecule has 3 rings (SSSR count). The summed E-state index contributed by atoms with van der Waals surface area (Å²) in [6, 6.07) is 1.39. The molecule has 0 aromatic carbocycles. The van der Waals surface area contributed by atoms with Gasteiger partial charge in [0.15, 0.2) is 17.4 Å². The standard InChI is InChI=1S/C13H16FN5O3S/c1-7-13(23(15,20)21)8(2)19(18-7)12-3-11(10(14)6-17-12)22-9-4-16-5-9/h3,6,9,16H,4-5H2,1-2H3,(H2,15,20,21). The molecular weight excluding hydrogens is 325 g/mol. The van der Waals surface area contributed by atoms with Crippen LogP contribution >= 0.6 is 0 Å². The van der Waals surface area contributed by atoms with E-state index in [2.05, 4.69) is 15.4 Å². The Labute approximate surface area is 132 Å². The average Bonchev–Trinajstić information content (AvgIpc) is 2.70. The number of primary sulfonamides is 1. The van der Waals surface area contributed by atoms with Crippen molar-refractivity contribution in [3.8, 4) is 11.6 Å². The van der Waals surface area contributed by atoms with Gasteiger partial charge in [0, 0.05) is 19.2 Å². The van der Waals surface area contributed by atoms with Crippen LogP contribution in [0.2, 0.25) is 0 Å². The zero-order valence-corrected chi connectivity index (χ0v) is 13.4. The third-order valence-electron chi connectivity index (χ3n) is 3.57. The van der Waals surface area contributed by atoms with Gasteiger partial charge in [0.2, 0.25) is 10.0 Å². The first kappa shape index (κ1) is 15.8. The Bertz CT molecular complexity index is 861. The van der Waals surface area contributed by atoms with Gasteiger partial charge in [-0.15, -0.1) is 0 Å². The lowest BCUT2D eigenvalue weighted by molar-refractivity contribution is 0.136. The molecule has 1 aliphatic rings. The van der Waals surface area contributed by atoms with Crippen LogP contribution in [0.15, 0.2) is 17.2 Å². The van der Waals surface area contributed by atoms with Gasteiger partial charge in [0.25, 0.3) is 0 Å². The third-order valence-corrected chi connectivity index (χ3v) is 4.73. The van der Waals surface area contributed by atoms with Gasteiger partial charge in [0.05, 0.1) is 17.6 Å². The van der Waals surface area contributed by atoms with Crippen LogP contribution in [0.5, 0.6) is 5.75 Å². The molecule has 0 amide bonds. The Morgan fingerprint density at radius 2 is 2.13 bits per heavy atom. The highest BCUT2D eigenvalue weighted by molar-refractivity contribution is 7.89. The molecule has 0 spiro atoms. The summed E-state index contributed by atoms with van der Waals surface area (Å²) in [7, 11) is -3.91. The maximum Gasteiger partial charge on any atom is 0.241 e. The lowest BCUT2D eigenvalue weighted by atomic mass is 10.2. The van der Waals surface area contributed by atoms with Crippen molar-refractivity contribution in [2.45, 2.75) is 24.8 Å². The molecule has 0 aliphatic carbocycles. The molecule has 1 aliphatic heterocycles. The highest BCUT2D eigenvalue weighted by atomic mass is 32.2. The summed E-state index contributed by atoms with van der Waals surface area (Å²) in [5.41, 5.74) is 0.558. The van der Waals surface area contributed by atoms with Crippen molar-refractivity contribution in [2.75, 3.05) is 13.1 Å². The van der Waals surface area contributed by atoms with E-state index in [-0.39, 0.29) is 28.3 Å². The molecule has 2 aromatic rings. The van der Waals surface area contributed by atoms with E-state index in [0.717, 1.165) is 6.20 Å². The first-order valence-corrected chi connectivity index (χ1v) is 8.44. The molecule has 8 nitrogen and oxygen atoms in total. The number of aryl methyl sites for hydroxylation is 1. The van der Waals surface area contributed by atoms with E-state index < -0.39 is 15.8 Å². The van der Waals surface area contributed by atoms with Gasteiger partial charge in [-0.1, -0.05) is 0 Å². The van der Waals surface area contributed by atoms with E-state index in [4.69, 9.17) is 9.88 Å². The molecule has 3 N–H and O–H groups in total. The maximum absolute atomic E-state index is 13.8. The van der Waals surface area contributed by atoms with Crippen molar-refractivity contribution in [3.05, 3.63) is 29.5 Å². The zero-order chi connectivity index (χ0) is 16.8. The Kier molecular flexibility index (Phi) is 3.82. The minimum absolute atomic E-state index is 0.0474. The third kappa shape index (κ3) is 2.92. The minimum Gasteiger partial charge on any atom is -0.484 e. The fourth-order valence-electron chi connectivity index (χ4n) is 2.40. The molecule has 1 fully saturated rings. The summed E-state index contributed by atoms with van der Waals surface area (Å²) in [5, 5.41) is 12.4. The van der Waals surface area contributed by atoms with Crippen LogP contribution in [0.3, 0.4) is 0 Å². The first-order valence-electron chi connectivity index (χ1n) is 6.89. The summed E-state index contributed by atoms with van der Waals surface area (Å²) < 4.78 is 43.9. The number of nitrogens with zero attached hydrogens (tertiary/aromatic N) is 3. The van der Waals surface area contributed by atoms with Gasteiger partial charge in [-0.05, 0) is 13.8 Å². The lowest BCUT2D eigenvalue weighted by Crippen LogP contribution is -2.50. The second kappa shape index (κ2) is 5.55. The summed E-state index contributed by atoms with van der Waals surface area (Å²) in [6.45, 7) is 4.38. The van der Waals surface area contributed by atoms with Crippen molar-refractivity contribution in [1.82, 2.24) is 20.1 Å². The summed E-state index contributed by atoms with van der Waals surface area (Å²) in [5.74, 6) is -0.288. The molecule has 3 heterocycles. The van der Waals surface area contributed by atoms with Crippen LogP contribution in [0, 0.1) is 19.7 Å². The van der Waals surface area contributed by atoms with E-state index in [9.17, 15) is 12.8 Å². The molecule has 0 bridgehead atoms. The topological polar surface area (TPSA) is 112 Å². The molecule has 10 heteroatoms. The Morgan fingerprint density at radius 3 is 2.65 bits per heavy atom. The summed E-state index contributed by atoms with van der Waals surface area (Å²) >= 11 is 0. The van der Waals surface area contributed by atoms with Crippen LogP contribution in [0.4, 0.5) is 4.39 Å². The van der Waals surface area contributed by atoms with E-state index in [1.54, 1.807) is 6.92 Å². The molecule has 0 radical (unpaired) electrons. The molecule has 23 heavy (non-hydrogen) atoms. The quantitative estimate of drug-likeness (QED) is 0.811. The van der Waals surface area contributed by atoms with Crippen LogP contribution in [0.1, 0.15) is 11.4 Å². The number of rotatable bonds is 4. The number of hydrogen-bond donors (Lipinski definition) is 2. The average molecular weight is 341 g/mol. The number of hydrogen-bond acceptors (Lipinski definition) is 6. The molecule has 124 valence electrons. The van der Waals surface area contributed by atoms with E-state index >= 15 is 0 Å². The van der Waals surface area contributed by atoms with Gasteiger partial charge in [-0.2, -0.15) is 5.10 Å². The fraction of sp³-hybridized carbons (Fsp3) is 0.385. The van der Waals surface area contributed by atoms with E-state index in [0.29, 0.717) is 18.8 Å². The second-order valence-corrected chi connectivity index (χ2v) is 6.83. The first-order chi connectivity index (χ1) is 10.8. The number of sulfonamides is 1. The molecule has 0 saturated carbocycles. The minimum atomic E-state index is -3.91. The smallest absolute Gasteiger partial charge is 0.241 e. The monoisotopic (exact) mass is 341 g/mol. The molecule has 0 atom stereocenters.